The van der Waals surface area contributed by atoms with Gasteiger partial charge in [0, 0.05) is 48.4 Å². The van der Waals surface area contributed by atoms with Crippen LogP contribution in [0.2, 0.25) is 0 Å². The van der Waals surface area contributed by atoms with Gasteiger partial charge in [-0.2, -0.15) is 0 Å². The number of benzene rings is 2. The summed E-state index contributed by atoms with van der Waals surface area (Å²) >= 11 is 0. The fourth-order valence-electron chi connectivity index (χ4n) is 6.58. The van der Waals surface area contributed by atoms with Crippen LogP contribution in [0.4, 0.5) is 0 Å². The Morgan fingerprint density at radius 3 is 2.50 bits per heavy atom. The number of carbonyl (C=O) groups is 4. The van der Waals surface area contributed by atoms with Crippen molar-refractivity contribution in [3.05, 3.63) is 51.6 Å². The number of aliphatic hydroxyl groups is 2. The summed E-state index contributed by atoms with van der Waals surface area (Å²) in [5.41, 5.74) is -3.16. The van der Waals surface area contributed by atoms with Gasteiger partial charge in [0.2, 0.25) is 5.78 Å². The van der Waals surface area contributed by atoms with E-state index in [0.717, 1.165) is 0 Å². The lowest BCUT2D eigenvalue weighted by Gasteiger charge is -2.43. The van der Waals surface area contributed by atoms with Crippen molar-refractivity contribution in [1.82, 2.24) is 5.32 Å². The minimum Gasteiger partial charge on any atom is -0.507 e. The Bertz CT molecular complexity index is 1570. The van der Waals surface area contributed by atoms with Crippen LogP contribution in [0, 0.1) is 0 Å². The molecule has 13 nitrogen and oxygen atoms in total. The Balaban J connectivity index is 1.49. The molecule has 1 heterocycles. The van der Waals surface area contributed by atoms with Gasteiger partial charge in [0.15, 0.2) is 17.9 Å². The second-order valence-electron chi connectivity index (χ2n) is 11.9. The molecule has 1 aliphatic heterocycles. The first-order valence-electron chi connectivity index (χ1n) is 15.3. The van der Waals surface area contributed by atoms with Gasteiger partial charge in [-0.1, -0.05) is 12.1 Å². The van der Waals surface area contributed by atoms with Gasteiger partial charge in [0.1, 0.15) is 22.8 Å². The van der Waals surface area contributed by atoms with Crippen LogP contribution in [0.15, 0.2) is 18.2 Å². The number of ether oxygens (including phenoxy) is 4. The standard InChI is InChI=1S/C33H39NO12/c1-5-44-22(36)10-7-11-34-19-12-23(45-15(2)28(19)37)46-21-14-33(42,16(3)35)13-18-25(21)32(41)27-26(30(18)39)29(38)17-8-6-9-20(43-4)24(17)31(27)40/h6,8-9,15,19,21,23,28,34,37,39,41-42H,5,7,10-14H2,1-4H3/t15?,19?,21-,23?,28?,33-/m0/s1. The summed E-state index contributed by atoms with van der Waals surface area (Å²) in [6.07, 6.45) is -3.97. The van der Waals surface area contributed by atoms with Crippen molar-refractivity contribution in [2.75, 3.05) is 20.3 Å². The van der Waals surface area contributed by atoms with E-state index >= 15 is 0 Å². The highest BCUT2D eigenvalue weighted by Crippen LogP contribution is 2.52. The fraction of sp³-hybridized carbons (Fsp3) is 0.515. The van der Waals surface area contributed by atoms with E-state index in [2.05, 4.69) is 5.32 Å². The zero-order valence-electron chi connectivity index (χ0n) is 26.1. The molecule has 5 N–H and O–H groups in total. The molecule has 0 spiro atoms. The van der Waals surface area contributed by atoms with E-state index in [1.165, 1.54) is 32.2 Å². The highest BCUT2D eigenvalue weighted by atomic mass is 16.7. The summed E-state index contributed by atoms with van der Waals surface area (Å²) in [5.74, 6) is -3.59. The number of carbonyl (C=O) groups excluding carboxylic acids is 4. The number of rotatable bonds is 10. The highest BCUT2D eigenvalue weighted by Gasteiger charge is 2.49. The number of hydrogen-bond donors (Lipinski definition) is 5. The number of esters is 1. The van der Waals surface area contributed by atoms with Crippen molar-refractivity contribution < 1.29 is 58.6 Å². The van der Waals surface area contributed by atoms with E-state index in [9.17, 15) is 39.6 Å². The van der Waals surface area contributed by atoms with E-state index in [1.807, 2.05) is 0 Å². The number of nitrogens with one attached hydrogen (secondary N) is 1. The van der Waals surface area contributed by atoms with Gasteiger partial charge in [-0.15, -0.1) is 0 Å². The molecule has 5 rings (SSSR count). The number of phenols is 2. The van der Waals surface area contributed by atoms with Crippen molar-refractivity contribution in [3.8, 4) is 17.2 Å². The Hall–Kier alpha value is -3.88. The van der Waals surface area contributed by atoms with Gasteiger partial charge in [-0.25, -0.2) is 0 Å². The van der Waals surface area contributed by atoms with E-state index in [0.29, 0.717) is 13.0 Å². The SMILES string of the molecule is CCOC(=O)CCCNC1CC(O[C@H]2C[C@](O)(C(C)=O)Cc3c(O)c4c(c(O)c32)C(=O)c2c(OC)cccc2C4=O)OC(C)C1O. The number of Topliss-reactive ketones (excluding diaryl/α,β-unsaturated/α-hetero) is 1. The normalized spacial score (nSPS) is 27.0. The first kappa shape index (κ1) is 33.5. The first-order valence-corrected chi connectivity index (χ1v) is 15.3. The van der Waals surface area contributed by atoms with Gasteiger partial charge in [0.05, 0.1) is 48.7 Å². The zero-order valence-corrected chi connectivity index (χ0v) is 26.1. The molecule has 248 valence electrons. The maximum Gasteiger partial charge on any atom is 0.305 e. The number of aliphatic hydroxyl groups excluding tert-OH is 1. The monoisotopic (exact) mass is 641 g/mol. The summed E-state index contributed by atoms with van der Waals surface area (Å²) < 4.78 is 22.5. The molecule has 1 saturated heterocycles. The summed E-state index contributed by atoms with van der Waals surface area (Å²) in [6.45, 7) is 5.22. The smallest absolute Gasteiger partial charge is 0.305 e. The van der Waals surface area contributed by atoms with Crippen molar-refractivity contribution in [3.63, 3.8) is 0 Å². The largest absolute Gasteiger partial charge is 0.507 e. The summed E-state index contributed by atoms with van der Waals surface area (Å²) in [5, 5.41) is 48.6. The predicted molar refractivity (Wildman–Crippen MR) is 160 cm³/mol. The third-order valence-corrected chi connectivity index (χ3v) is 9.02. The summed E-state index contributed by atoms with van der Waals surface area (Å²) in [7, 11) is 1.34. The maximum atomic E-state index is 13.8. The molecule has 6 atom stereocenters. The second-order valence-corrected chi connectivity index (χ2v) is 11.9. The topological polar surface area (TPSA) is 198 Å². The number of aromatic hydroxyl groups is 2. The van der Waals surface area contributed by atoms with Crippen LogP contribution in [-0.4, -0.2) is 94.1 Å². The number of fused-ring (bicyclic) bond motifs is 3. The Kier molecular flexibility index (Phi) is 9.52. The van der Waals surface area contributed by atoms with Crippen LogP contribution >= 0.6 is 0 Å². The molecule has 4 unspecified atom stereocenters. The van der Waals surface area contributed by atoms with E-state index in [-0.39, 0.29) is 59.8 Å². The van der Waals surface area contributed by atoms with Gasteiger partial charge in [-0.05, 0) is 39.8 Å². The van der Waals surface area contributed by atoms with Gasteiger partial charge >= 0.3 is 5.97 Å². The van der Waals surface area contributed by atoms with Crippen LogP contribution < -0.4 is 10.1 Å². The average Bonchev–Trinajstić information content (AvgIpc) is 3.01. The van der Waals surface area contributed by atoms with Crippen molar-refractivity contribution >= 4 is 23.3 Å². The third-order valence-electron chi connectivity index (χ3n) is 9.02. The van der Waals surface area contributed by atoms with Crippen LogP contribution in [-0.2, 0) is 30.2 Å². The Morgan fingerprint density at radius 1 is 1.11 bits per heavy atom. The molecule has 1 fully saturated rings. The van der Waals surface area contributed by atoms with Gasteiger partial charge < -0.3 is 44.7 Å². The molecule has 13 heteroatoms. The van der Waals surface area contributed by atoms with Gasteiger partial charge in [0.25, 0.3) is 0 Å². The summed E-state index contributed by atoms with van der Waals surface area (Å²) in [4.78, 5) is 51.8. The summed E-state index contributed by atoms with van der Waals surface area (Å²) in [6, 6.07) is 3.90. The molecule has 0 radical (unpaired) electrons. The number of hydrogen-bond acceptors (Lipinski definition) is 13. The molecule has 3 aliphatic rings. The quantitative estimate of drug-likeness (QED) is 0.123. The van der Waals surface area contributed by atoms with E-state index < -0.39 is 82.6 Å². The third kappa shape index (κ3) is 5.89. The lowest BCUT2D eigenvalue weighted by Crippen LogP contribution is -2.54. The van der Waals surface area contributed by atoms with E-state index in [4.69, 9.17) is 18.9 Å². The van der Waals surface area contributed by atoms with Crippen LogP contribution in [0.25, 0.3) is 0 Å². The zero-order chi connectivity index (χ0) is 33.5. The first-order chi connectivity index (χ1) is 21.8. The average molecular weight is 642 g/mol. The van der Waals surface area contributed by atoms with Crippen molar-refractivity contribution in [2.45, 2.75) is 89.1 Å². The van der Waals surface area contributed by atoms with Crippen LogP contribution in [0.5, 0.6) is 17.2 Å². The minimum absolute atomic E-state index is 0.0270. The number of phenolic OH excluding ortho intramolecular Hbond substituents is 2. The molecular weight excluding hydrogens is 602 g/mol. The maximum absolute atomic E-state index is 13.8. The Labute approximate surface area is 265 Å². The molecule has 46 heavy (non-hydrogen) atoms. The molecule has 2 aromatic rings. The van der Waals surface area contributed by atoms with Crippen LogP contribution in [0.3, 0.4) is 0 Å². The molecule has 2 aromatic carbocycles. The Morgan fingerprint density at radius 2 is 1.83 bits per heavy atom. The lowest BCUT2D eigenvalue weighted by atomic mass is 9.72. The molecule has 0 saturated carbocycles. The predicted octanol–water partition coefficient (Wildman–Crippen LogP) is 2.00. The molecule has 0 bridgehead atoms. The molecule has 2 aliphatic carbocycles. The number of ketones is 3. The number of methoxy groups -OCH3 is 1. The molecular formula is C33H39NO12. The fourth-order valence-corrected chi connectivity index (χ4v) is 6.58. The highest BCUT2D eigenvalue weighted by molar-refractivity contribution is 6.31. The second kappa shape index (κ2) is 13.1. The minimum atomic E-state index is -2.04. The van der Waals surface area contributed by atoms with Crippen LogP contribution in [0.1, 0.15) is 95.5 Å². The van der Waals surface area contributed by atoms with Crippen molar-refractivity contribution in [1.29, 1.82) is 0 Å². The molecule has 0 amide bonds. The molecule has 0 aromatic heterocycles. The van der Waals surface area contributed by atoms with Gasteiger partial charge in [-0.3, -0.25) is 19.2 Å². The van der Waals surface area contributed by atoms with Crippen molar-refractivity contribution in [2.24, 2.45) is 0 Å². The van der Waals surface area contributed by atoms with E-state index in [1.54, 1.807) is 13.8 Å². The lowest BCUT2D eigenvalue weighted by molar-refractivity contribution is -0.249.